The molecular weight excluding hydrogens is 480 g/mol. The Morgan fingerprint density at radius 3 is 2.35 bits per heavy atom. The summed E-state index contributed by atoms with van der Waals surface area (Å²) in [7, 11) is 3.91. The number of nitrogen functional groups attached to an aromatic ring is 1. The van der Waals surface area contributed by atoms with Crippen molar-refractivity contribution in [2.75, 3.05) is 24.6 Å². The summed E-state index contributed by atoms with van der Waals surface area (Å²) in [4.78, 5) is 15.5. The zero-order valence-corrected chi connectivity index (χ0v) is 23.4. The first kappa shape index (κ1) is 27.1. The van der Waals surface area contributed by atoms with Gasteiger partial charge in [0.1, 0.15) is 16.6 Å². The highest BCUT2D eigenvalue weighted by Crippen LogP contribution is 2.30. The van der Waals surface area contributed by atoms with Crippen molar-refractivity contribution in [2.24, 2.45) is 12.5 Å². The lowest BCUT2D eigenvalue weighted by molar-refractivity contribution is 0.317. The van der Waals surface area contributed by atoms with Crippen molar-refractivity contribution >= 4 is 23.7 Å². The van der Waals surface area contributed by atoms with E-state index in [4.69, 9.17) is 18.0 Å². The molecular formula is C29H40N6OS. The number of aromatic nitrogens is 2. The molecule has 198 valence electrons. The molecule has 4 N–H and O–H groups in total. The van der Waals surface area contributed by atoms with E-state index in [2.05, 4.69) is 67.6 Å². The smallest absolute Gasteiger partial charge is 0.330 e. The van der Waals surface area contributed by atoms with Gasteiger partial charge in [-0.05, 0) is 55.1 Å². The first-order valence-electron chi connectivity index (χ1n) is 13.0. The Bertz CT molecular complexity index is 1320. The van der Waals surface area contributed by atoms with Crippen LogP contribution < -0.4 is 22.1 Å². The normalized spacial score (nSPS) is 17.2. The molecule has 0 spiro atoms. The lowest BCUT2D eigenvalue weighted by Gasteiger charge is -2.28. The number of benzene rings is 2. The molecule has 3 aromatic rings. The van der Waals surface area contributed by atoms with Gasteiger partial charge in [-0.25, -0.2) is 4.79 Å². The molecule has 1 aliphatic heterocycles. The van der Waals surface area contributed by atoms with E-state index in [1.165, 1.54) is 28.5 Å². The van der Waals surface area contributed by atoms with Crippen molar-refractivity contribution in [1.82, 2.24) is 19.4 Å². The first-order chi connectivity index (χ1) is 17.5. The Hall–Kier alpha value is -2.94. The minimum Gasteiger partial charge on any atom is -0.385 e. The number of nitrogens with zero attached hydrogens (tertiary/aromatic N) is 3. The number of nitrogens with two attached hydrogens (primary N) is 1. The van der Waals surface area contributed by atoms with Gasteiger partial charge in [-0.3, -0.25) is 19.4 Å². The predicted octanol–water partition coefficient (Wildman–Crippen LogP) is 5.21. The second-order valence-electron chi connectivity index (χ2n) is 11.3. The fraction of sp³-hybridized carbons (Fsp3) is 0.448. The Morgan fingerprint density at radius 1 is 1.08 bits per heavy atom. The lowest BCUT2D eigenvalue weighted by Crippen LogP contribution is -2.39. The molecule has 2 aromatic carbocycles. The predicted molar refractivity (Wildman–Crippen MR) is 155 cm³/mol. The molecule has 2 heterocycles. The van der Waals surface area contributed by atoms with E-state index in [0.29, 0.717) is 35.2 Å². The van der Waals surface area contributed by atoms with Crippen molar-refractivity contribution in [3.05, 3.63) is 86.4 Å². The molecule has 0 aliphatic carbocycles. The van der Waals surface area contributed by atoms with E-state index in [1.807, 2.05) is 30.3 Å². The van der Waals surface area contributed by atoms with Gasteiger partial charge in [0, 0.05) is 31.9 Å². The molecule has 2 unspecified atom stereocenters. The molecule has 0 amide bonds. The molecule has 1 aliphatic rings. The zero-order valence-electron chi connectivity index (χ0n) is 22.6. The van der Waals surface area contributed by atoms with Gasteiger partial charge >= 0.3 is 5.69 Å². The van der Waals surface area contributed by atoms with Crippen LogP contribution in [-0.2, 0) is 20.1 Å². The topological polar surface area (TPSA) is 80.2 Å². The van der Waals surface area contributed by atoms with E-state index >= 15 is 0 Å². The average molecular weight is 521 g/mol. The highest BCUT2D eigenvalue weighted by atomic mass is 32.1. The third kappa shape index (κ3) is 6.32. The van der Waals surface area contributed by atoms with Crippen molar-refractivity contribution in [2.45, 2.75) is 58.9 Å². The van der Waals surface area contributed by atoms with Gasteiger partial charge in [0.05, 0.1) is 5.56 Å². The van der Waals surface area contributed by atoms with E-state index in [1.54, 1.807) is 11.6 Å². The Morgan fingerprint density at radius 2 is 1.76 bits per heavy atom. The van der Waals surface area contributed by atoms with Crippen LogP contribution in [0.1, 0.15) is 62.5 Å². The Balaban J connectivity index is 1.66. The zero-order chi connectivity index (χ0) is 26.7. The summed E-state index contributed by atoms with van der Waals surface area (Å²) in [5, 5.41) is 7.17. The van der Waals surface area contributed by atoms with Gasteiger partial charge in [0.25, 0.3) is 0 Å². The minimum atomic E-state index is -0.395. The SMILES string of the molecule is CN1CCCC1c1ccc(CNC(Nc2ccccc2)c2c(N)n(CC(C)(C)C)c(=O)n(C)c2=S)cc1. The molecule has 8 heteroatoms. The van der Waals surface area contributed by atoms with Gasteiger partial charge in [-0.1, -0.05) is 75.5 Å². The summed E-state index contributed by atoms with van der Waals surface area (Å²) < 4.78 is 3.58. The minimum absolute atomic E-state index is 0.129. The van der Waals surface area contributed by atoms with Crippen LogP contribution in [0.3, 0.4) is 0 Å². The van der Waals surface area contributed by atoms with Crippen molar-refractivity contribution < 1.29 is 0 Å². The summed E-state index contributed by atoms with van der Waals surface area (Å²) in [6, 6.07) is 19.3. The number of para-hydroxylation sites is 1. The molecule has 2 atom stereocenters. The van der Waals surface area contributed by atoms with Crippen molar-refractivity contribution in [3.8, 4) is 0 Å². The maximum absolute atomic E-state index is 13.1. The summed E-state index contributed by atoms with van der Waals surface area (Å²) in [6.45, 7) is 8.52. The molecule has 0 radical (unpaired) electrons. The lowest BCUT2D eigenvalue weighted by atomic mass is 9.96. The van der Waals surface area contributed by atoms with E-state index in [9.17, 15) is 4.79 Å². The molecule has 1 saturated heterocycles. The van der Waals surface area contributed by atoms with E-state index in [0.717, 1.165) is 12.2 Å². The molecule has 37 heavy (non-hydrogen) atoms. The van der Waals surface area contributed by atoms with Crippen LogP contribution in [0, 0.1) is 10.1 Å². The number of likely N-dealkylation sites (tertiary alicyclic amines) is 1. The quantitative estimate of drug-likeness (QED) is 0.279. The second-order valence-corrected chi connectivity index (χ2v) is 11.7. The largest absolute Gasteiger partial charge is 0.385 e. The second kappa shape index (κ2) is 11.2. The first-order valence-corrected chi connectivity index (χ1v) is 13.4. The fourth-order valence-corrected chi connectivity index (χ4v) is 5.34. The third-order valence-corrected chi connectivity index (χ3v) is 7.51. The molecule has 1 fully saturated rings. The van der Waals surface area contributed by atoms with E-state index in [-0.39, 0.29) is 11.1 Å². The number of rotatable bonds is 8. The summed E-state index contributed by atoms with van der Waals surface area (Å²) in [5.74, 6) is 0.392. The summed E-state index contributed by atoms with van der Waals surface area (Å²) >= 11 is 5.77. The van der Waals surface area contributed by atoms with Gasteiger partial charge in [-0.15, -0.1) is 0 Å². The third-order valence-electron chi connectivity index (χ3n) is 7.02. The number of hydrogen-bond acceptors (Lipinski definition) is 6. The summed E-state index contributed by atoms with van der Waals surface area (Å²) in [5.41, 5.74) is 10.5. The van der Waals surface area contributed by atoms with Crippen LogP contribution in [0.2, 0.25) is 0 Å². The van der Waals surface area contributed by atoms with Crippen LogP contribution in [-0.4, -0.2) is 27.6 Å². The highest BCUT2D eigenvalue weighted by molar-refractivity contribution is 7.71. The Kier molecular flexibility index (Phi) is 8.21. The average Bonchev–Trinajstić information content (AvgIpc) is 3.30. The molecule has 0 bridgehead atoms. The van der Waals surface area contributed by atoms with Crippen LogP contribution in [0.4, 0.5) is 11.5 Å². The highest BCUT2D eigenvalue weighted by Gasteiger charge is 2.25. The Labute approximate surface area is 225 Å². The van der Waals surface area contributed by atoms with Gasteiger partial charge in [0.2, 0.25) is 0 Å². The summed E-state index contributed by atoms with van der Waals surface area (Å²) in [6.07, 6.45) is 2.06. The van der Waals surface area contributed by atoms with E-state index < -0.39 is 6.17 Å². The number of hydrogen-bond donors (Lipinski definition) is 3. The maximum atomic E-state index is 13.1. The van der Waals surface area contributed by atoms with Gasteiger partial charge in [-0.2, -0.15) is 0 Å². The van der Waals surface area contributed by atoms with Gasteiger partial charge < -0.3 is 11.1 Å². The molecule has 4 rings (SSSR count). The van der Waals surface area contributed by atoms with Crippen LogP contribution in [0.5, 0.6) is 0 Å². The monoisotopic (exact) mass is 520 g/mol. The standard InChI is InChI=1S/C29H40N6OS/c1-29(2,3)19-35-25(30)24(27(37)34(5)28(35)36)26(32-22-10-7-6-8-11-22)31-18-20-13-15-21(16-14-20)23-12-9-17-33(23)4/h6-8,10-11,13-16,23,26,31-32H,9,12,17-19,30H2,1-5H3. The number of nitrogens with one attached hydrogen (secondary N) is 2. The van der Waals surface area contributed by atoms with Crippen LogP contribution in [0.25, 0.3) is 0 Å². The maximum Gasteiger partial charge on any atom is 0.330 e. The van der Waals surface area contributed by atoms with Crippen LogP contribution in [0.15, 0.2) is 59.4 Å². The molecule has 7 nitrogen and oxygen atoms in total. The van der Waals surface area contributed by atoms with Gasteiger partial charge in [0.15, 0.2) is 0 Å². The fourth-order valence-electron chi connectivity index (χ4n) is 5.04. The molecule has 1 aromatic heterocycles. The molecule has 0 saturated carbocycles. The number of anilines is 2. The van der Waals surface area contributed by atoms with Crippen LogP contribution >= 0.6 is 12.2 Å². The van der Waals surface area contributed by atoms with Crippen molar-refractivity contribution in [3.63, 3.8) is 0 Å². The van der Waals surface area contributed by atoms with Crippen molar-refractivity contribution in [1.29, 1.82) is 0 Å².